The highest BCUT2D eigenvalue weighted by Gasteiger charge is 2.37. The van der Waals surface area contributed by atoms with Crippen molar-refractivity contribution in [3.63, 3.8) is 0 Å². The molecule has 4 heteroatoms. The maximum Gasteiger partial charge on any atom is 0.223 e. The maximum absolute atomic E-state index is 12.5. The summed E-state index contributed by atoms with van der Waals surface area (Å²) in [5, 5.41) is 3.23. The molecule has 1 aromatic rings. The fourth-order valence-electron chi connectivity index (χ4n) is 4.13. The number of aryl methyl sites for hydroxylation is 1. The Morgan fingerprint density at radius 3 is 2.70 bits per heavy atom. The third-order valence-electron chi connectivity index (χ3n) is 5.61. The minimum Gasteiger partial charge on any atom is -0.381 e. The number of carbonyl (C=O) groups is 1. The third-order valence-corrected chi connectivity index (χ3v) is 5.61. The van der Waals surface area contributed by atoms with E-state index < -0.39 is 0 Å². The monoisotopic (exact) mass is 316 g/mol. The lowest BCUT2D eigenvalue weighted by Crippen LogP contribution is -2.46. The van der Waals surface area contributed by atoms with Crippen molar-refractivity contribution in [1.29, 1.82) is 0 Å². The highest BCUT2D eigenvalue weighted by Crippen LogP contribution is 2.36. The number of nitrogens with one attached hydrogen (secondary N) is 1. The van der Waals surface area contributed by atoms with Gasteiger partial charge in [-0.2, -0.15) is 0 Å². The van der Waals surface area contributed by atoms with Crippen LogP contribution < -0.4 is 11.1 Å². The van der Waals surface area contributed by atoms with Crippen LogP contribution in [0.3, 0.4) is 0 Å². The van der Waals surface area contributed by atoms with Gasteiger partial charge in [-0.1, -0.05) is 24.3 Å². The molecule has 4 nitrogen and oxygen atoms in total. The van der Waals surface area contributed by atoms with Crippen LogP contribution in [0.5, 0.6) is 0 Å². The Kier molecular flexibility index (Phi) is 5.02. The Hall–Kier alpha value is -1.39. The molecule has 0 aromatic heterocycles. The van der Waals surface area contributed by atoms with Crippen LogP contribution in [-0.2, 0) is 14.9 Å². The minimum atomic E-state index is -0.0000261. The molecule has 1 aliphatic heterocycles. The molecule has 1 aromatic carbocycles. The van der Waals surface area contributed by atoms with Crippen LogP contribution in [0.2, 0.25) is 0 Å². The Bertz CT molecular complexity index is 552. The molecule has 0 spiro atoms. The number of amides is 1. The normalized spacial score (nSPS) is 26.9. The van der Waals surface area contributed by atoms with Crippen LogP contribution in [-0.4, -0.2) is 31.7 Å². The Morgan fingerprint density at radius 2 is 2.04 bits per heavy atom. The lowest BCUT2D eigenvalue weighted by atomic mass is 9.72. The van der Waals surface area contributed by atoms with Crippen LogP contribution >= 0.6 is 0 Å². The molecule has 1 aliphatic carbocycles. The van der Waals surface area contributed by atoms with Crippen molar-refractivity contribution in [2.75, 3.05) is 19.8 Å². The molecule has 0 radical (unpaired) electrons. The summed E-state index contributed by atoms with van der Waals surface area (Å²) in [6.07, 6.45) is 4.64. The van der Waals surface area contributed by atoms with Crippen molar-refractivity contribution in [2.45, 2.75) is 50.5 Å². The highest BCUT2D eigenvalue weighted by atomic mass is 16.5. The first-order valence-electron chi connectivity index (χ1n) is 8.78. The molecule has 0 unspecified atom stereocenters. The molecule has 126 valence electrons. The van der Waals surface area contributed by atoms with Gasteiger partial charge in [0.15, 0.2) is 0 Å². The van der Waals surface area contributed by atoms with Crippen molar-refractivity contribution < 1.29 is 9.53 Å². The topological polar surface area (TPSA) is 64.4 Å². The van der Waals surface area contributed by atoms with Gasteiger partial charge in [0, 0.05) is 37.1 Å². The molecule has 3 N–H and O–H groups in total. The summed E-state index contributed by atoms with van der Waals surface area (Å²) < 4.78 is 5.58. The lowest BCUT2D eigenvalue weighted by molar-refractivity contribution is -0.125. The third kappa shape index (κ3) is 3.59. The van der Waals surface area contributed by atoms with Crippen LogP contribution in [0.4, 0.5) is 0 Å². The number of hydrogen-bond donors (Lipinski definition) is 2. The van der Waals surface area contributed by atoms with E-state index in [-0.39, 0.29) is 23.3 Å². The summed E-state index contributed by atoms with van der Waals surface area (Å²) in [6, 6.07) is 8.73. The smallest absolute Gasteiger partial charge is 0.223 e. The van der Waals surface area contributed by atoms with Crippen LogP contribution in [0, 0.1) is 12.8 Å². The van der Waals surface area contributed by atoms with E-state index >= 15 is 0 Å². The van der Waals surface area contributed by atoms with E-state index in [1.54, 1.807) is 0 Å². The second-order valence-corrected chi connectivity index (χ2v) is 7.20. The molecule has 0 bridgehead atoms. The SMILES string of the molecule is Cc1ccccc1C1(CNC(=O)[C@@H]2CC[C@@H](N)C2)CCOCC1. The largest absolute Gasteiger partial charge is 0.381 e. The van der Waals surface area contributed by atoms with Gasteiger partial charge in [0.25, 0.3) is 0 Å². The van der Waals surface area contributed by atoms with E-state index in [0.29, 0.717) is 6.54 Å². The second-order valence-electron chi connectivity index (χ2n) is 7.20. The fourth-order valence-corrected chi connectivity index (χ4v) is 4.13. The van der Waals surface area contributed by atoms with Gasteiger partial charge in [0.2, 0.25) is 5.91 Å². The van der Waals surface area contributed by atoms with Gasteiger partial charge in [-0.3, -0.25) is 4.79 Å². The summed E-state index contributed by atoms with van der Waals surface area (Å²) in [5.74, 6) is 0.274. The lowest BCUT2D eigenvalue weighted by Gasteiger charge is -2.39. The van der Waals surface area contributed by atoms with E-state index in [4.69, 9.17) is 10.5 Å². The average Bonchev–Trinajstić information content (AvgIpc) is 3.00. The van der Waals surface area contributed by atoms with Crippen LogP contribution in [0.15, 0.2) is 24.3 Å². The van der Waals surface area contributed by atoms with Gasteiger partial charge < -0.3 is 15.8 Å². The standard InChI is InChI=1S/C19H28N2O2/c1-14-4-2-3-5-17(14)19(8-10-23-11-9-19)13-21-18(22)15-6-7-16(20)12-15/h2-5,15-16H,6-13,20H2,1H3,(H,21,22)/t15-,16-/m1/s1. The van der Waals surface area contributed by atoms with Crippen LogP contribution in [0.25, 0.3) is 0 Å². The highest BCUT2D eigenvalue weighted by molar-refractivity contribution is 5.79. The molecule has 2 aliphatic rings. The van der Waals surface area contributed by atoms with Gasteiger partial charge in [-0.15, -0.1) is 0 Å². The number of rotatable bonds is 4. The predicted molar refractivity (Wildman–Crippen MR) is 91.2 cm³/mol. The van der Waals surface area contributed by atoms with Crippen molar-refractivity contribution in [3.8, 4) is 0 Å². The Labute approximate surface area is 138 Å². The first-order valence-corrected chi connectivity index (χ1v) is 8.78. The van der Waals surface area contributed by atoms with E-state index in [1.165, 1.54) is 11.1 Å². The molecule has 3 rings (SSSR count). The van der Waals surface area contributed by atoms with Crippen molar-refractivity contribution >= 4 is 5.91 Å². The van der Waals surface area contributed by atoms with E-state index in [9.17, 15) is 4.79 Å². The molecule has 2 fully saturated rings. The molecule has 1 heterocycles. The van der Waals surface area contributed by atoms with Crippen molar-refractivity contribution in [3.05, 3.63) is 35.4 Å². The zero-order chi connectivity index (χ0) is 16.3. The first-order chi connectivity index (χ1) is 11.1. The molecule has 2 atom stereocenters. The van der Waals surface area contributed by atoms with E-state index in [0.717, 1.165) is 45.3 Å². The minimum absolute atomic E-state index is 0.0000261. The fraction of sp³-hybridized carbons (Fsp3) is 0.632. The summed E-state index contributed by atoms with van der Waals surface area (Å²) >= 11 is 0. The van der Waals surface area contributed by atoms with Gasteiger partial charge in [0.05, 0.1) is 0 Å². The molecule has 23 heavy (non-hydrogen) atoms. The quantitative estimate of drug-likeness (QED) is 0.896. The van der Waals surface area contributed by atoms with E-state index in [2.05, 4.69) is 36.5 Å². The summed E-state index contributed by atoms with van der Waals surface area (Å²) in [7, 11) is 0. The Balaban J connectivity index is 1.72. The van der Waals surface area contributed by atoms with Crippen molar-refractivity contribution in [1.82, 2.24) is 5.32 Å². The number of ether oxygens (including phenoxy) is 1. The summed E-state index contributed by atoms with van der Waals surface area (Å²) in [6.45, 7) is 4.38. The summed E-state index contributed by atoms with van der Waals surface area (Å²) in [5.41, 5.74) is 8.59. The molecule has 1 amide bonds. The average molecular weight is 316 g/mol. The van der Waals surface area contributed by atoms with Gasteiger partial charge in [-0.05, 0) is 50.2 Å². The first kappa shape index (κ1) is 16.5. The molecular formula is C19H28N2O2. The number of benzene rings is 1. The molecule has 1 saturated heterocycles. The zero-order valence-electron chi connectivity index (χ0n) is 14.0. The maximum atomic E-state index is 12.5. The number of carbonyl (C=O) groups excluding carboxylic acids is 1. The van der Waals surface area contributed by atoms with Crippen LogP contribution in [0.1, 0.15) is 43.2 Å². The second kappa shape index (κ2) is 7.02. The molecule has 1 saturated carbocycles. The molecular weight excluding hydrogens is 288 g/mol. The van der Waals surface area contributed by atoms with Crippen molar-refractivity contribution in [2.24, 2.45) is 11.7 Å². The van der Waals surface area contributed by atoms with Gasteiger partial charge in [0.1, 0.15) is 0 Å². The zero-order valence-corrected chi connectivity index (χ0v) is 14.0. The number of hydrogen-bond acceptors (Lipinski definition) is 3. The summed E-state index contributed by atoms with van der Waals surface area (Å²) in [4.78, 5) is 12.5. The van der Waals surface area contributed by atoms with E-state index in [1.807, 2.05) is 0 Å². The number of nitrogens with two attached hydrogens (primary N) is 1. The van der Waals surface area contributed by atoms with Gasteiger partial charge >= 0.3 is 0 Å². The Morgan fingerprint density at radius 1 is 1.30 bits per heavy atom. The van der Waals surface area contributed by atoms with Gasteiger partial charge in [-0.25, -0.2) is 0 Å². The predicted octanol–water partition coefficient (Wildman–Crippen LogP) is 2.29.